The second kappa shape index (κ2) is 8.80. The summed E-state index contributed by atoms with van der Waals surface area (Å²) in [5.41, 5.74) is -0.254. The average Bonchev–Trinajstić information content (AvgIpc) is 3.13. The zero-order valence-electron chi connectivity index (χ0n) is 20.2. The number of hydrogen-bond donors (Lipinski definition) is 2. The van der Waals surface area contributed by atoms with Gasteiger partial charge in [-0.3, -0.25) is 24.5 Å². The number of carbonyl (C=O) groups is 4. The van der Waals surface area contributed by atoms with Gasteiger partial charge in [-0.25, -0.2) is 0 Å². The maximum Gasteiger partial charge on any atom is 0.349 e. The molecule has 0 saturated carbocycles. The third kappa shape index (κ3) is 4.13. The fourth-order valence-corrected chi connectivity index (χ4v) is 4.92. The smallest absolute Gasteiger partial charge is 0.349 e. The quantitative estimate of drug-likeness (QED) is 0.383. The number of benzene rings is 2. The fraction of sp³-hybridized carbons (Fsp3) is 0.273. The number of nitrogens with one attached hydrogen (secondary N) is 2. The maximum absolute atomic E-state index is 14.7. The molecule has 2 unspecified atom stereocenters. The number of imide groups is 1. The van der Waals surface area contributed by atoms with E-state index in [1.54, 1.807) is 49.6 Å². The van der Waals surface area contributed by atoms with E-state index < -0.39 is 45.8 Å². The number of hydrogen-bond acceptors (Lipinski definition) is 4. The van der Waals surface area contributed by atoms with E-state index in [0.717, 1.165) is 12.1 Å². The van der Waals surface area contributed by atoms with Gasteiger partial charge in [0.1, 0.15) is 31.4 Å². The number of nitrogens with zero attached hydrogens (tertiary/aromatic N) is 1. The molecule has 0 spiro atoms. The van der Waals surface area contributed by atoms with Crippen molar-refractivity contribution in [2.24, 2.45) is 0 Å². The maximum atomic E-state index is 14.7. The number of alkyl halides is 2. The number of carbonyl (C=O) groups excluding carboxylic acids is 4. The van der Waals surface area contributed by atoms with Crippen molar-refractivity contribution in [1.29, 1.82) is 0 Å². The average molecular weight is 509 g/mol. The lowest BCUT2D eigenvalue weighted by Crippen LogP contribution is -2.70. The van der Waals surface area contributed by atoms with Crippen LogP contribution in [0.4, 0.5) is 8.78 Å². The van der Waals surface area contributed by atoms with Crippen molar-refractivity contribution in [3.05, 3.63) is 69.7 Å². The lowest BCUT2D eigenvalue weighted by atomic mass is 9.36. The van der Waals surface area contributed by atoms with Gasteiger partial charge in [-0.1, -0.05) is 41.1 Å². The van der Waals surface area contributed by atoms with Crippen LogP contribution < -0.4 is 10.6 Å². The van der Waals surface area contributed by atoms with Gasteiger partial charge in [0.15, 0.2) is 0 Å². The summed E-state index contributed by atoms with van der Waals surface area (Å²) in [6.07, 6.45) is 0.0749. The molecule has 1 fully saturated rings. The van der Waals surface area contributed by atoms with Gasteiger partial charge in [-0.05, 0) is 29.3 Å². The first kappa shape index (κ1) is 26.0. The topological polar surface area (TPSA) is 95.6 Å². The van der Waals surface area contributed by atoms with Crippen molar-refractivity contribution < 1.29 is 28.0 Å². The Morgan fingerprint density at radius 2 is 1.75 bits per heavy atom. The first-order valence-corrected chi connectivity index (χ1v) is 11.8. The molecule has 1 saturated heterocycles. The third-order valence-corrected chi connectivity index (χ3v) is 7.68. The lowest BCUT2D eigenvalue weighted by Gasteiger charge is -2.51. The molecule has 0 aliphatic carbocycles. The molecule has 182 valence electrons. The van der Waals surface area contributed by atoms with Crippen LogP contribution in [0.3, 0.4) is 0 Å². The van der Waals surface area contributed by atoms with Crippen LogP contribution in [0.15, 0.2) is 42.5 Å². The molecule has 0 bridgehead atoms. The Morgan fingerprint density at radius 1 is 1.11 bits per heavy atom. The van der Waals surface area contributed by atoms with E-state index in [0.29, 0.717) is 16.7 Å². The summed E-state index contributed by atoms with van der Waals surface area (Å²) in [7, 11) is 6.74. The number of amides is 4. The molecule has 4 amide bonds. The Morgan fingerprint density at radius 3 is 2.36 bits per heavy atom. The van der Waals surface area contributed by atoms with Crippen molar-refractivity contribution >= 4 is 66.6 Å². The van der Waals surface area contributed by atoms with Gasteiger partial charge in [0.05, 0.1) is 5.44 Å². The van der Waals surface area contributed by atoms with Gasteiger partial charge in [0, 0.05) is 35.1 Å². The molecule has 7 nitrogen and oxygen atoms in total. The zero-order chi connectivity index (χ0) is 26.6. The standard InChI is InChI=1S/C22H22B4ClF2N3O4/c23-16(31-18(35)21(28,29)12-2-4-13(27)5-3-12)10-1-6-14-11(7-10)9-32(17(14)34)22(26)19(36)30-15(33)8-20(22,24)25/h1-7,16H,8-9,23-26H2,(H,31,35)(H,30,33,36). The lowest BCUT2D eigenvalue weighted by molar-refractivity contribution is -0.147. The highest BCUT2D eigenvalue weighted by molar-refractivity contribution is 6.52. The molecule has 2 N–H and O–H groups in total. The highest BCUT2D eigenvalue weighted by atomic mass is 35.5. The number of fused-ring (bicyclic) bond motifs is 1. The van der Waals surface area contributed by atoms with Crippen molar-refractivity contribution in [1.82, 2.24) is 15.5 Å². The molecule has 36 heavy (non-hydrogen) atoms. The molecule has 0 aromatic heterocycles. The predicted molar refractivity (Wildman–Crippen MR) is 140 cm³/mol. The first-order chi connectivity index (χ1) is 16.7. The second-order valence-corrected chi connectivity index (χ2v) is 10.5. The van der Waals surface area contributed by atoms with Crippen LogP contribution >= 0.6 is 11.6 Å². The SMILES string of the molecule is BC(NC(=O)C(F)(F)c1ccc(Cl)cc1)c1ccc2c(c1)CN(C1(B)C(=O)NC(=O)CC1(B)B)C2=O. The van der Waals surface area contributed by atoms with E-state index >= 15 is 0 Å². The van der Waals surface area contributed by atoms with Gasteiger partial charge in [0.2, 0.25) is 11.8 Å². The third-order valence-electron chi connectivity index (χ3n) is 7.43. The largest absolute Gasteiger partial charge is 0.352 e. The van der Waals surface area contributed by atoms with Crippen LogP contribution in [-0.2, 0) is 26.9 Å². The Hall–Kier alpha value is -3.07. The fourth-order valence-electron chi connectivity index (χ4n) is 4.79. The van der Waals surface area contributed by atoms with Gasteiger partial charge in [0.25, 0.3) is 11.8 Å². The van der Waals surface area contributed by atoms with Crippen LogP contribution in [0.1, 0.15) is 39.4 Å². The van der Waals surface area contributed by atoms with E-state index in [9.17, 15) is 28.0 Å². The van der Waals surface area contributed by atoms with Crippen molar-refractivity contribution in [2.75, 3.05) is 0 Å². The van der Waals surface area contributed by atoms with Crippen LogP contribution in [-0.4, -0.2) is 65.4 Å². The summed E-state index contributed by atoms with van der Waals surface area (Å²) in [4.78, 5) is 52.0. The highest BCUT2D eigenvalue weighted by Gasteiger charge is 2.57. The van der Waals surface area contributed by atoms with E-state index in [4.69, 9.17) is 11.6 Å². The number of halogens is 3. The minimum absolute atomic E-state index is 0.0749. The summed E-state index contributed by atoms with van der Waals surface area (Å²) in [5.74, 6) is -7.32. The van der Waals surface area contributed by atoms with Gasteiger partial charge < -0.3 is 10.2 Å². The first-order valence-electron chi connectivity index (χ1n) is 11.4. The van der Waals surface area contributed by atoms with Crippen molar-refractivity contribution in [2.45, 2.75) is 35.5 Å². The summed E-state index contributed by atoms with van der Waals surface area (Å²) in [6.45, 7) is 0.102. The number of piperidine rings is 1. The molecule has 2 aliphatic rings. The molecule has 4 rings (SSSR count). The molecule has 2 heterocycles. The van der Waals surface area contributed by atoms with E-state index in [2.05, 4.69) is 10.6 Å². The highest BCUT2D eigenvalue weighted by Crippen LogP contribution is 2.44. The summed E-state index contributed by atoms with van der Waals surface area (Å²) in [6, 6.07) is 9.59. The molecule has 2 aromatic carbocycles. The van der Waals surface area contributed by atoms with Crippen LogP contribution in [0, 0.1) is 0 Å². The minimum atomic E-state index is -3.77. The van der Waals surface area contributed by atoms with Crippen molar-refractivity contribution in [3.8, 4) is 0 Å². The normalized spacial score (nSPS) is 22.1. The monoisotopic (exact) mass is 509 g/mol. The Kier molecular flexibility index (Phi) is 6.35. The molecule has 14 heteroatoms. The van der Waals surface area contributed by atoms with Gasteiger partial charge in [-0.15, -0.1) is 0 Å². The van der Waals surface area contributed by atoms with Crippen LogP contribution in [0.2, 0.25) is 10.2 Å². The van der Waals surface area contributed by atoms with E-state index in [1.807, 2.05) is 0 Å². The van der Waals surface area contributed by atoms with E-state index in [1.165, 1.54) is 17.0 Å². The number of rotatable bonds is 5. The molecular weight excluding hydrogens is 487 g/mol. The predicted octanol–water partition coefficient (Wildman–Crippen LogP) is -1.41. The van der Waals surface area contributed by atoms with Gasteiger partial charge in [-0.2, -0.15) is 8.78 Å². The minimum Gasteiger partial charge on any atom is -0.352 e. The molecule has 2 atom stereocenters. The molecule has 2 aliphatic heterocycles. The molecule has 0 radical (unpaired) electrons. The molecular formula is C22H22B4ClF2N3O4. The summed E-state index contributed by atoms with van der Waals surface area (Å²) < 4.78 is 29.4. The van der Waals surface area contributed by atoms with E-state index in [-0.39, 0.29) is 23.9 Å². The van der Waals surface area contributed by atoms with Crippen LogP contribution in [0.5, 0.6) is 0 Å². The molecule has 2 aromatic rings. The Bertz CT molecular complexity index is 1290. The second-order valence-electron chi connectivity index (χ2n) is 10.1. The zero-order valence-corrected chi connectivity index (χ0v) is 21.0. The summed E-state index contributed by atoms with van der Waals surface area (Å²) in [5, 5.41) is 4.13. The summed E-state index contributed by atoms with van der Waals surface area (Å²) >= 11 is 5.75. The van der Waals surface area contributed by atoms with Crippen molar-refractivity contribution in [3.63, 3.8) is 0 Å². The Balaban J connectivity index is 1.55. The van der Waals surface area contributed by atoms with Gasteiger partial charge >= 0.3 is 5.92 Å². The van der Waals surface area contributed by atoms with Crippen LogP contribution in [0.25, 0.3) is 0 Å². The Labute approximate surface area is 215 Å².